The van der Waals surface area contributed by atoms with Gasteiger partial charge in [0.15, 0.2) is 17.6 Å². The molecule has 0 saturated heterocycles. The smallest absolute Gasteiger partial charge is 0.387 e. The minimum atomic E-state index is -3.01. The van der Waals surface area contributed by atoms with Crippen LogP contribution in [0.5, 0.6) is 17.2 Å². The largest absolute Gasteiger partial charge is 0.493 e. The van der Waals surface area contributed by atoms with Gasteiger partial charge in [0.25, 0.3) is 5.91 Å². The zero-order chi connectivity index (χ0) is 19.3. The molecule has 0 heterocycles. The molecule has 0 aliphatic carbocycles. The molecule has 0 aromatic heterocycles. The number of nitrogens with one attached hydrogen (secondary N) is 1. The number of hydrogen-bond donors (Lipinski definition) is 1. The normalized spacial score (nSPS) is 11.8. The molecular weight excluding hydrogens is 436 g/mol. The van der Waals surface area contributed by atoms with Crippen molar-refractivity contribution < 1.29 is 27.8 Å². The van der Waals surface area contributed by atoms with Crippen LogP contribution in [0.1, 0.15) is 6.92 Å². The van der Waals surface area contributed by atoms with Crippen LogP contribution in [-0.4, -0.2) is 25.7 Å². The Balaban J connectivity index is 2.08. The summed E-state index contributed by atoms with van der Waals surface area (Å²) in [6.45, 7) is -1.46. The zero-order valence-electron chi connectivity index (χ0n) is 13.8. The number of benzene rings is 2. The second-order valence-electron chi connectivity index (χ2n) is 5.07. The Morgan fingerprint density at radius 1 is 1.12 bits per heavy atom. The Morgan fingerprint density at radius 2 is 1.81 bits per heavy atom. The fourth-order valence-electron chi connectivity index (χ4n) is 2.00. The van der Waals surface area contributed by atoms with Crippen LogP contribution < -0.4 is 19.5 Å². The maximum Gasteiger partial charge on any atom is 0.387 e. The van der Waals surface area contributed by atoms with Gasteiger partial charge in [-0.05, 0) is 53.2 Å². The lowest BCUT2D eigenvalue weighted by Gasteiger charge is -2.17. The molecule has 0 spiro atoms. The van der Waals surface area contributed by atoms with E-state index in [1.807, 2.05) is 0 Å². The molecule has 0 aliphatic rings. The third-order valence-electron chi connectivity index (χ3n) is 3.21. The number of hydrogen-bond acceptors (Lipinski definition) is 4. The Labute approximate surface area is 162 Å². The van der Waals surface area contributed by atoms with Gasteiger partial charge in [-0.1, -0.05) is 11.6 Å². The molecule has 2 aromatic rings. The van der Waals surface area contributed by atoms with Gasteiger partial charge < -0.3 is 19.5 Å². The van der Waals surface area contributed by atoms with Crippen LogP contribution in [0, 0.1) is 0 Å². The minimum absolute atomic E-state index is 0.123. The first-order valence-electron chi connectivity index (χ1n) is 7.35. The monoisotopic (exact) mass is 449 g/mol. The van der Waals surface area contributed by atoms with Crippen molar-refractivity contribution in [3.63, 3.8) is 0 Å². The Morgan fingerprint density at radius 3 is 2.42 bits per heavy atom. The van der Waals surface area contributed by atoms with E-state index in [-0.39, 0.29) is 17.2 Å². The number of ether oxygens (including phenoxy) is 3. The molecule has 5 nitrogen and oxygen atoms in total. The number of alkyl halides is 2. The molecule has 140 valence electrons. The summed E-state index contributed by atoms with van der Waals surface area (Å²) in [5.74, 6) is -0.0967. The lowest BCUT2D eigenvalue weighted by atomic mass is 10.2. The highest BCUT2D eigenvalue weighted by Gasteiger charge is 2.18. The molecule has 0 bridgehead atoms. The molecule has 0 saturated carbocycles. The first-order valence-corrected chi connectivity index (χ1v) is 8.52. The number of anilines is 1. The number of carbonyl (C=O) groups is 1. The molecule has 2 rings (SSSR count). The summed E-state index contributed by atoms with van der Waals surface area (Å²) >= 11 is 9.16. The van der Waals surface area contributed by atoms with Crippen LogP contribution in [0.15, 0.2) is 40.9 Å². The van der Waals surface area contributed by atoms with Crippen molar-refractivity contribution in [2.75, 3.05) is 12.4 Å². The van der Waals surface area contributed by atoms with Crippen LogP contribution in [0.25, 0.3) is 0 Å². The fraction of sp³-hybridized carbons (Fsp3) is 0.235. The Bertz CT molecular complexity index is 791. The topological polar surface area (TPSA) is 56.8 Å². The zero-order valence-corrected chi connectivity index (χ0v) is 16.1. The molecule has 0 radical (unpaired) electrons. The van der Waals surface area contributed by atoms with Gasteiger partial charge in [-0.25, -0.2) is 0 Å². The van der Waals surface area contributed by atoms with Gasteiger partial charge in [0, 0.05) is 16.8 Å². The highest BCUT2D eigenvalue weighted by atomic mass is 79.9. The lowest BCUT2D eigenvalue weighted by Crippen LogP contribution is -2.30. The summed E-state index contributed by atoms with van der Waals surface area (Å²) in [5, 5.41) is 3.09. The van der Waals surface area contributed by atoms with Crippen LogP contribution >= 0.6 is 27.5 Å². The van der Waals surface area contributed by atoms with Crippen molar-refractivity contribution in [1.82, 2.24) is 0 Å². The molecule has 1 amide bonds. The lowest BCUT2D eigenvalue weighted by molar-refractivity contribution is -0.122. The molecule has 1 unspecified atom stereocenters. The first kappa shape index (κ1) is 20.3. The van der Waals surface area contributed by atoms with Gasteiger partial charge in [-0.3, -0.25) is 4.79 Å². The van der Waals surface area contributed by atoms with Crippen molar-refractivity contribution >= 4 is 39.1 Å². The van der Waals surface area contributed by atoms with E-state index in [4.69, 9.17) is 21.1 Å². The molecule has 1 N–H and O–H groups in total. The quantitative estimate of drug-likeness (QED) is 0.636. The highest BCUT2D eigenvalue weighted by Crippen LogP contribution is 2.32. The summed E-state index contributed by atoms with van der Waals surface area (Å²) in [7, 11) is 1.33. The van der Waals surface area contributed by atoms with E-state index in [1.54, 1.807) is 25.1 Å². The minimum Gasteiger partial charge on any atom is -0.493 e. The van der Waals surface area contributed by atoms with Gasteiger partial charge in [0.1, 0.15) is 5.75 Å². The van der Waals surface area contributed by atoms with E-state index in [1.165, 1.54) is 25.3 Å². The van der Waals surface area contributed by atoms with Crippen molar-refractivity contribution in [2.24, 2.45) is 0 Å². The molecule has 26 heavy (non-hydrogen) atoms. The summed E-state index contributed by atoms with van der Waals surface area (Å²) < 4.78 is 40.4. The molecule has 9 heteroatoms. The standard InChI is InChI=1S/C17H15BrClF2NO4/c1-9(25-13-5-3-10(19)7-12(13)18)16(23)22-11-4-6-14(24-2)15(8-11)26-17(20)21/h3-9,17H,1-2H3,(H,22,23). The SMILES string of the molecule is COc1ccc(NC(=O)C(C)Oc2ccc(Cl)cc2Br)cc1OC(F)F. The fourth-order valence-corrected chi connectivity index (χ4v) is 2.78. The first-order chi connectivity index (χ1) is 12.3. The van der Waals surface area contributed by atoms with E-state index in [2.05, 4.69) is 26.0 Å². The maximum atomic E-state index is 12.5. The predicted molar refractivity (Wildman–Crippen MR) is 97.5 cm³/mol. The second kappa shape index (κ2) is 9.05. The molecular formula is C17H15BrClF2NO4. The summed E-state index contributed by atoms with van der Waals surface area (Å²) in [5.41, 5.74) is 0.261. The maximum absolute atomic E-state index is 12.5. The molecule has 1 atom stereocenters. The summed E-state index contributed by atoms with van der Waals surface area (Å²) in [4.78, 5) is 12.3. The van der Waals surface area contributed by atoms with E-state index < -0.39 is 18.6 Å². The number of rotatable bonds is 7. The van der Waals surface area contributed by atoms with Gasteiger partial charge in [0.05, 0.1) is 11.6 Å². The van der Waals surface area contributed by atoms with Crippen LogP contribution in [0.3, 0.4) is 0 Å². The summed E-state index contributed by atoms with van der Waals surface area (Å²) in [6.07, 6.45) is -0.853. The third-order valence-corrected chi connectivity index (χ3v) is 4.07. The molecule has 0 aliphatic heterocycles. The van der Waals surface area contributed by atoms with Gasteiger partial charge >= 0.3 is 6.61 Å². The van der Waals surface area contributed by atoms with Crippen molar-refractivity contribution in [3.8, 4) is 17.2 Å². The average molecular weight is 451 g/mol. The van der Waals surface area contributed by atoms with Crippen LogP contribution in [0.4, 0.5) is 14.5 Å². The van der Waals surface area contributed by atoms with E-state index in [0.29, 0.717) is 15.2 Å². The Kier molecular flexibility index (Phi) is 7.05. The number of methoxy groups -OCH3 is 1. The van der Waals surface area contributed by atoms with Crippen molar-refractivity contribution in [3.05, 3.63) is 45.9 Å². The van der Waals surface area contributed by atoms with Crippen LogP contribution in [-0.2, 0) is 4.79 Å². The average Bonchev–Trinajstić information content (AvgIpc) is 2.57. The number of carbonyl (C=O) groups excluding carboxylic acids is 1. The Hall–Kier alpha value is -2.06. The van der Waals surface area contributed by atoms with E-state index in [9.17, 15) is 13.6 Å². The molecule has 2 aromatic carbocycles. The summed E-state index contributed by atoms with van der Waals surface area (Å²) in [6, 6.07) is 9.04. The molecule has 0 fully saturated rings. The second-order valence-corrected chi connectivity index (χ2v) is 6.36. The predicted octanol–water partition coefficient (Wildman–Crippen LogP) is 5.12. The van der Waals surface area contributed by atoms with Gasteiger partial charge in [0.2, 0.25) is 0 Å². The van der Waals surface area contributed by atoms with Crippen LogP contribution in [0.2, 0.25) is 5.02 Å². The highest BCUT2D eigenvalue weighted by molar-refractivity contribution is 9.10. The third kappa shape index (κ3) is 5.47. The number of amides is 1. The van der Waals surface area contributed by atoms with E-state index in [0.717, 1.165) is 0 Å². The number of halogens is 4. The van der Waals surface area contributed by atoms with E-state index >= 15 is 0 Å². The van der Waals surface area contributed by atoms with Gasteiger partial charge in [-0.2, -0.15) is 8.78 Å². The van der Waals surface area contributed by atoms with Crippen molar-refractivity contribution in [2.45, 2.75) is 19.6 Å². The van der Waals surface area contributed by atoms with Gasteiger partial charge in [-0.15, -0.1) is 0 Å². The van der Waals surface area contributed by atoms with Crippen molar-refractivity contribution in [1.29, 1.82) is 0 Å².